The lowest BCUT2D eigenvalue weighted by molar-refractivity contribution is 0.600. The molecule has 2 N–H and O–H groups in total. The quantitative estimate of drug-likeness (QED) is 0.734. The van der Waals surface area contributed by atoms with Crippen LogP contribution in [0.5, 0.6) is 0 Å². The molecule has 0 fully saturated rings. The summed E-state index contributed by atoms with van der Waals surface area (Å²) >= 11 is 0. The maximum atomic E-state index is 12.5. The third-order valence-corrected chi connectivity index (χ3v) is 4.61. The first-order chi connectivity index (χ1) is 10.5. The van der Waals surface area contributed by atoms with Crippen LogP contribution in [-0.2, 0) is 10.0 Å². The van der Waals surface area contributed by atoms with E-state index >= 15 is 0 Å². The lowest BCUT2D eigenvalue weighted by Crippen LogP contribution is -2.16. The number of sulfonamides is 1. The summed E-state index contributed by atoms with van der Waals surface area (Å²) in [5.74, 6) is 0.671. The summed E-state index contributed by atoms with van der Waals surface area (Å²) in [6, 6.07) is 1.52. The Kier molecular flexibility index (Phi) is 3.37. The van der Waals surface area contributed by atoms with Crippen LogP contribution in [0.3, 0.4) is 0 Å². The standard InChI is InChI=1S/C12H13N7O2S/c1-8-12(9(2)17-16-8)22(20,21)18-10-5-11(15-6-14-10)19-4-3-13-7-19/h3-7H,1-2H3,(H,16,17)(H,14,15,18). The highest BCUT2D eigenvalue weighted by Gasteiger charge is 2.22. The highest BCUT2D eigenvalue weighted by molar-refractivity contribution is 7.92. The number of anilines is 1. The first-order valence-corrected chi connectivity index (χ1v) is 7.80. The number of nitrogens with one attached hydrogen (secondary N) is 2. The molecule has 3 aromatic rings. The van der Waals surface area contributed by atoms with Crippen molar-refractivity contribution < 1.29 is 8.42 Å². The Bertz CT molecular complexity index is 880. The van der Waals surface area contributed by atoms with Gasteiger partial charge in [-0.1, -0.05) is 0 Å². The van der Waals surface area contributed by atoms with Crippen LogP contribution in [0.2, 0.25) is 0 Å². The fourth-order valence-corrected chi connectivity index (χ4v) is 3.44. The number of H-pyrrole nitrogens is 1. The SMILES string of the molecule is Cc1n[nH]c(C)c1S(=O)(=O)Nc1cc(-n2ccnc2)ncn1. The average molecular weight is 319 g/mol. The van der Waals surface area contributed by atoms with Gasteiger partial charge in [0.15, 0.2) is 0 Å². The van der Waals surface area contributed by atoms with Crippen LogP contribution in [0.1, 0.15) is 11.4 Å². The minimum absolute atomic E-state index is 0.121. The monoisotopic (exact) mass is 319 g/mol. The molecule has 0 saturated carbocycles. The van der Waals surface area contributed by atoms with Crippen molar-refractivity contribution in [2.45, 2.75) is 18.7 Å². The van der Waals surface area contributed by atoms with Gasteiger partial charge in [0.1, 0.15) is 29.2 Å². The number of aromatic nitrogens is 6. The minimum Gasteiger partial charge on any atom is -0.290 e. The van der Waals surface area contributed by atoms with Crippen molar-refractivity contribution >= 4 is 15.8 Å². The van der Waals surface area contributed by atoms with Gasteiger partial charge in [0.2, 0.25) is 0 Å². The highest BCUT2D eigenvalue weighted by atomic mass is 32.2. The van der Waals surface area contributed by atoms with E-state index < -0.39 is 10.0 Å². The lowest BCUT2D eigenvalue weighted by atomic mass is 10.4. The predicted molar refractivity (Wildman–Crippen MR) is 78.0 cm³/mol. The van der Waals surface area contributed by atoms with E-state index in [1.165, 1.54) is 12.4 Å². The highest BCUT2D eigenvalue weighted by Crippen LogP contribution is 2.20. The summed E-state index contributed by atoms with van der Waals surface area (Å²) in [5, 5.41) is 6.54. The maximum Gasteiger partial charge on any atom is 0.266 e. The molecule has 114 valence electrons. The van der Waals surface area contributed by atoms with Crippen LogP contribution in [0.25, 0.3) is 5.82 Å². The van der Waals surface area contributed by atoms with Crippen LogP contribution in [0, 0.1) is 13.8 Å². The van der Waals surface area contributed by atoms with Gasteiger partial charge in [0.05, 0.1) is 11.4 Å². The summed E-state index contributed by atoms with van der Waals surface area (Å²) in [6.07, 6.45) is 6.14. The largest absolute Gasteiger partial charge is 0.290 e. The van der Waals surface area contributed by atoms with E-state index in [9.17, 15) is 8.42 Å². The maximum absolute atomic E-state index is 12.5. The zero-order valence-electron chi connectivity index (χ0n) is 11.8. The minimum atomic E-state index is -3.78. The average Bonchev–Trinajstić information content (AvgIpc) is 3.09. The van der Waals surface area contributed by atoms with E-state index in [1.54, 1.807) is 37.1 Å². The van der Waals surface area contributed by atoms with Crippen LogP contribution in [-0.4, -0.2) is 38.1 Å². The Morgan fingerprint density at radius 3 is 2.73 bits per heavy atom. The fourth-order valence-electron chi connectivity index (χ4n) is 2.06. The van der Waals surface area contributed by atoms with Gasteiger partial charge < -0.3 is 0 Å². The number of nitrogens with zero attached hydrogens (tertiary/aromatic N) is 5. The molecule has 3 aromatic heterocycles. The smallest absolute Gasteiger partial charge is 0.266 e. The topological polar surface area (TPSA) is 118 Å². The van der Waals surface area contributed by atoms with Gasteiger partial charge in [-0.15, -0.1) is 0 Å². The van der Waals surface area contributed by atoms with Gasteiger partial charge in [-0.25, -0.2) is 23.4 Å². The van der Waals surface area contributed by atoms with Crippen LogP contribution in [0.4, 0.5) is 5.82 Å². The normalized spacial score (nSPS) is 11.5. The molecule has 0 saturated heterocycles. The number of aromatic amines is 1. The predicted octanol–water partition coefficient (Wildman–Crippen LogP) is 0.803. The van der Waals surface area contributed by atoms with Crippen LogP contribution >= 0.6 is 0 Å². The lowest BCUT2D eigenvalue weighted by Gasteiger charge is -2.08. The second kappa shape index (κ2) is 5.22. The van der Waals surface area contributed by atoms with Gasteiger partial charge in [-0.2, -0.15) is 5.10 Å². The molecule has 22 heavy (non-hydrogen) atoms. The van der Waals surface area contributed by atoms with Gasteiger partial charge in [-0.05, 0) is 13.8 Å². The molecule has 3 heterocycles. The number of hydrogen-bond donors (Lipinski definition) is 2. The van der Waals surface area contributed by atoms with Crippen molar-refractivity contribution in [1.29, 1.82) is 0 Å². The Morgan fingerprint density at radius 1 is 1.27 bits per heavy atom. The molecule has 3 rings (SSSR count). The third kappa shape index (κ3) is 2.55. The van der Waals surface area contributed by atoms with Crippen molar-refractivity contribution in [2.75, 3.05) is 4.72 Å². The van der Waals surface area contributed by atoms with Gasteiger partial charge in [-0.3, -0.25) is 14.4 Å². The third-order valence-electron chi connectivity index (χ3n) is 2.99. The van der Waals surface area contributed by atoms with E-state index in [2.05, 4.69) is 29.9 Å². The molecule has 0 bridgehead atoms. The van der Waals surface area contributed by atoms with Gasteiger partial charge in [0.25, 0.3) is 10.0 Å². The molecule has 0 atom stereocenters. The fraction of sp³-hybridized carbons (Fsp3) is 0.167. The van der Waals surface area contributed by atoms with Crippen LogP contribution in [0.15, 0.2) is 36.0 Å². The Hall–Kier alpha value is -2.75. The number of rotatable bonds is 4. The van der Waals surface area contributed by atoms with E-state index in [4.69, 9.17) is 0 Å². The molecular weight excluding hydrogens is 306 g/mol. The summed E-state index contributed by atoms with van der Waals surface area (Å²) in [7, 11) is -3.78. The van der Waals surface area contributed by atoms with Crippen molar-refractivity contribution in [2.24, 2.45) is 0 Å². The van der Waals surface area contributed by atoms with E-state index in [0.29, 0.717) is 17.2 Å². The van der Waals surface area contributed by atoms with E-state index in [-0.39, 0.29) is 10.7 Å². The van der Waals surface area contributed by atoms with Crippen molar-refractivity contribution in [3.8, 4) is 5.82 Å². The summed E-state index contributed by atoms with van der Waals surface area (Å²) in [4.78, 5) is 12.0. The molecule has 0 aromatic carbocycles. The Labute approximate surface area is 126 Å². The van der Waals surface area contributed by atoms with Crippen LogP contribution < -0.4 is 4.72 Å². The Morgan fingerprint density at radius 2 is 2.09 bits per heavy atom. The van der Waals surface area contributed by atoms with Crippen molar-refractivity contribution in [3.63, 3.8) is 0 Å². The van der Waals surface area contributed by atoms with Gasteiger partial charge in [0, 0.05) is 18.5 Å². The molecular formula is C12H13N7O2S. The Balaban J connectivity index is 1.95. The molecule has 10 heteroatoms. The molecule has 0 amide bonds. The molecule has 0 unspecified atom stereocenters. The summed E-state index contributed by atoms with van der Waals surface area (Å²) in [5.41, 5.74) is 0.864. The molecule has 0 aliphatic carbocycles. The van der Waals surface area contributed by atoms with E-state index in [1.807, 2.05) is 0 Å². The van der Waals surface area contributed by atoms with Gasteiger partial charge >= 0.3 is 0 Å². The summed E-state index contributed by atoms with van der Waals surface area (Å²) in [6.45, 7) is 3.26. The van der Waals surface area contributed by atoms with E-state index in [0.717, 1.165) is 0 Å². The molecule has 0 aliphatic rings. The van der Waals surface area contributed by atoms with Crippen molar-refractivity contribution in [3.05, 3.63) is 42.5 Å². The zero-order chi connectivity index (χ0) is 15.7. The van der Waals surface area contributed by atoms with Crippen molar-refractivity contribution in [1.82, 2.24) is 29.7 Å². The molecule has 0 radical (unpaired) electrons. The zero-order valence-corrected chi connectivity index (χ0v) is 12.7. The number of aryl methyl sites for hydroxylation is 2. The number of imidazole rings is 1. The molecule has 9 nitrogen and oxygen atoms in total. The molecule has 0 spiro atoms. The number of hydrogen-bond acceptors (Lipinski definition) is 6. The molecule has 0 aliphatic heterocycles. The first kappa shape index (κ1) is 14.2. The summed E-state index contributed by atoms with van der Waals surface area (Å²) < 4.78 is 29.0. The first-order valence-electron chi connectivity index (χ1n) is 6.32. The second-order valence-electron chi connectivity index (χ2n) is 4.60. The second-order valence-corrected chi connectivity index (χ2v) is 6.22.